The van der Waals surface area contributed by atoms with E-state index in [4.69, 9.17) is 4.74 Å². The SMILES string of the molecule is O=C(CCNC(=O)OCC1c2ccccc2-c2ccccc21)NCC1(C(=O)O)CCCC1. The number of carbonyl (C=O) groups excluding carboxylic acids is 2. The fourth-order valence-corrected chi connectivity index (χ4v) is 4.80. The minimum absolute atomic E-state index is 0.0185. The second-order valence-electron chi connectivity index (χ2n) is 8.57. The van der Waals surface area contributed by atoms with Crippen LogP contribution in [0.2, 0.25) is 0 Å². The standard InChI is InChI=1S/C25H28N2O5/c28-22(27-16-25(23(29)30)12-5-6-13-25)11-14-26-24(31)32-15-21-19-9-3-1-7-17(19)18-8-2-4-10-20(18)21/h1-4,7-10,21H,5-6,11-16H2,(H,26,31)(H,27,28)(H,29,30). The predicted octanol–water partition coefficient (Wildman–Crippen LogP) is 3.68. The summed E-state index contributed by atoms with van der Waals surface area (Å²) in [5.41, 5.74) is 3.75. The van der Waals surface area contributed by atoms with Gasteiger partial charge in [0.25, 0.3) is 0 Å². The van der Waals surface area contributed by atoms with E-state index in [1.54, 1.807) is 0 Å². The Morgan fingerprint density at radius 3 is 2.12 bits per heavy atom. The van der Waals surface area contributed by atoms with Gasteiger partial charge in [0.15, 0.2) is 0 Å². The van der Waals surface area contributed by atoms with E-state index in [0.29, 0.717) is 12.8 Å². The molecule has 2 amide bonds. The smallest absolute Gasteiger partial charge is 0.407 e. The largest absolute Gasteiger partial charge is 0.481 e. The topological polar surface area (TPSA) is 105 Å². The molecule has 1 saturated carbocycles. The van der Waals surface area contributed by atoms with Crippen molar-refractivity contribution >= 4 is 18.0 Å². The number of alkyl carbamates (subject to hydrolysis) is 1. The number of hydrogen-bond acceptors (Lipinski definition) is 4. The van der Waals surface area contributed by atoms with Gasteiger partial charge in [0.05, 0.1) is 5.41 Å². The fourth-order valence-electron chi connectivity index (χ4n) is 4.80. The Morgan fingerprint density at radius 2 is 1.53 bits per heavy atom. The van der Waals surface area contributed by atoms with Crippen LogP contribution in [0.3, 0.4) is 0 Å². The van der Waals surface area contributed by atoms with Crippen molar-refractivity contribution in [2.45, 2.75) is 38.0 Å². The number of aliphatic carboxylic acids is 1. The Morgan fingerprint density at radius 1 is 0.938 bits per heavy atom. The number of benzene rings is 2. The van der Waals surface area contributed by atoms with E-state index >= 15 is 0 Å². The Kier molecular flexibility index (Phi) is 6.44. The number of amides is 2. The summed E-state index contributed by atoms with van der Waals surface area (Å²) >= 11 is 0. The highest BCUT2D eigenvalue weighted by Crippen LogP contribution is 2.44. The molecule has 2 aromatic rings. The third kappa shape index (κ3) is 4.47. The average Bonchev–Trinajstić information content (AvgIpc) is 3.40. The number of rotatable bonds is 8. The normalized spacial score (nSPS) is 16.1. The minimum Gasteiger partial charge on any atom is -0.481 e. The van der Waals surface area contributed by atoms with Crippen LogP contribution in [0.1, 0.15) is 49.1 Å². The van der Waals surface area contributed by atoms with Crippen molar-refractivity contribution in [3.05, 3.63) is 59.7 Å². The van der Waals surface area contributed by atoms with Crippen LogP contribution in [-0.4, -0.2) is 42.8 Å². The zero-order valence-electron chi connectivity index (χ0n) is 17.9. The summed E-state index contributed by atoms with van der Waals surface area (Å²) in [5.74, 6) is -1.15. The second kappa shape index (κ2) is 9.42. The zero-order valence-corrected chi connectivity index (χ0v) is 17.9. The van der Waals surface area contributed by atoms with Gasteiger partial charge < -0.3 is 20.5 Å². The first-order valence-electron chi connectivity index (χ1n) is 11.1. The highest BCUT2D eigenvalue weighted by Gasteiger charge is 2.41. The van der Waals surface area contributed by atoms with Gasteiger partial charge in [-0.1, -0.05) is 61.4 Å². The lowest BCUT2D eigenvalue weighted by molar-refractivity contribution is -0.148. The monoisotopic (exact) mass is 436 g/mol. The van der Waals surface area contributed by atoms with Gasteiger partial charge in [0.1, 0.15) is 6.61 Å². The van der Waals surface area contributed by atoms with Crippen molar-refractivity contribution in [2.24, 2.45) is 5.41 Å². The summed E-state index contributed by atoms with van der Waals surface area (Å²) in [4.78, 5) is 35.8. The molecule has 7 nitrogen and oxygen atoms in total. The van der Waals surface area contributed by atoms with Crippen LogP contribution >= 0.6 is 0 Å². The zero-order chi connectivity index (χ0) is 22.6. The first kappa shape index (κ1) is 21.9. The Hall–Kier alpha value is -3.35. The van der Waals surface area contributed by atoms with Crippen LogP contribution in [0.25, 0.3) is 11.1 Å². The van der Waals surface area contributed by atoms with E-state index in [-0.39, 0.29) is 37.9 Å². The molecule has 1 fully saturated rings. The van der Waals surface area contributed by atoms with Gasteiger partial charge in [-0.25, -0.2) is 4.79 Å². The number of carboxylic acid groups (broad SMARTS) is 1. The van der Waals surface area contributed by atoms with Crippen LogP contribution in [0.15, 0.2) is 48.5 Å². The highest BCUT2D eigenvalue weighted by atomic mass is 16.5. The highest BCUT2D eigenvalue weighted by molar-refractivity contribution is 5.80. The van der Waals surface area contributed by atoms with Gasteiger partial charge in [-0.05, 0) is 35.1 Å². The van der Waals surface area contributed by atoms with Crippen molar-refractivity contribution < 1.29 is 24.2 Å². The number of carboxylic acids is 1. The second-order valence-corrected chi connectivity index (χ2v) is 8.57. The van der Waals surface area contributed by atoms with Gasteiger partial charge in [0, 0.05) is 25.4 Å². The number of ether oxygens (including phenoxy) is 1. The number of hydrogen-bond donors (Lipinski definition) is 3. The molecule has 0 atom stereocenters. The Balaban J connectivity index is 1.22. The van der Waals surface area contributed by atoms with Gasteiger partial charge in [0.2, 0.25) is 5.91 Å². The summed E-state index contributed by atoms with van der Waals surface area (Å²) in [5, 5.41) is 14.8. The maximum atomic E-state index is 12.2. The molecule has 0 aromatic heterocycles. The fraction of sp³-hybridized carbons (Fsp3) is 0.400. The Bertz CT molecular complexity index is 967. The van der Waals surface area contributed by atoms with Gasteiger partial charge in [-0.3, -0.25) is 9.59 Å². The Labute approximate surface area is 187 Å². The lowest BCUT2D eigenvalue weighted by Crippen LogP contribution is -2.42. The number of carbonyl (C=O) groups is 3. The summed E-state index contributed by atoms with van der Waals surface area (Å²) < 4.78 is 5.45. The van der Waals surface area contributed by atoms with E-state index in [9.17, 15) is 19.5 Å². The van der Waals surface area contributed by atoms with Crippen molar-refractivity contribution in [3.63, 3.8) is 0 Å². The summed E-state index contributed by atoms with van der Waals surface area (Å²) in [7, 11) is 0. The van der Waals surface area contributed by atoms with E-state index in [1.165, 1.54) is 0 Å². The molecule has 4 rings (SSSR count). The van der Waals surface area contributed by atoms with Crippen LogP contribution in [-0.2, 0) is 14.3 Å². The third-order valence-corrected chi connectivity index (χ3v) is 6.60. The third-order valence-electron chi connectivity index (χ3n) is 6.60. The molecule has 0 bridgehead atoms. The summed E-state index contributed by atoms with van der Waals surface area (Å²) in [6.07, 6.45) is 2.40. The molecule has 0 spiro atoms. The molecular weight excluding hydrogens is 408 g/mol. The van der Waals surface area contributed by atoms with Crippen molar-refractivity contribution in [1.29, 1.82) is 0 Å². The quantitative estimate of drug-likeness (QED) is 0.586. The van der Waals surface area contributed by atoms with Crippen molar-refractivity contribution in [3.8, 4) is 11.1 Å². The van der Waals surface area contributed by atoms with Gasteiger partial charge in [-0.15, -0.1) is 0 Å². The molecule has 0 unspecified atom stereocenters. The van der Waals surface area contributed by atoms with Crippen molar-refractivity contribution in [2.75, 3.05) is 19.7 Å². The lowest BCUT2D eigenvalue weighted by Gasteiger charge is -2.23. The molecule has 2 aromatic carbocycles. The number of fused-ring (bicyclic) bond motifs is 3. The maximum Gasteiger partial charge on any atom is 0.407 e. The molecule has 7 heteroatoms. The van der Waals surface area contributed by atoms with E-state index in [2.05, 4.69) is 34.9 Å². The minimum atomic E-state index is -0.855. The molecular formula is C25H28N2O5. The predicted molar refractivity (Wildman–Crippen MR) is 119 cm³/mol. The molecule has 2 aliphatic carbocycles. The molecule has 0 aliphatic heterocycles. The molecule has 0 radical (unpaired) electrons. The average molecular weight is 437 g/mol. The first-order valence-corrected chi connectivity index (χ1v) is 11.1. The van der Waals surface area contributed by atoms with Crippen LogP contribution < -0.4 is 10.6 Å². The van der Waals surface area contributed by atoms with Crippen LogP contribution in [0, 0.1) is 5.41 Å². The van der Waals surface area contributed by atoms with E-state index in [0.717, 1.165) is 35.1 Å². The molecule has 3 N–H and O–H groups in total. The maximum absolute atomic E-state index is 12.2. The first-order chi connectivity index (χ1) is 15.5. The summed E-state index contributed by atoms with van der Waals surface area (Å²) in [6.45, 7) is 0.474. The number of nitrogens with one attached hydrogen (secondary N) is 2. The summed E-state index contributed by atoms with van der Waals surface area (Å²) in [6, 6.07) is 16.2. The van der Waals surface area contributed by atoms with Crippen molar-refractivity contribution in [1.82, 2.24) is 10.6 Å². The molecule has 0 heterocycles. The van der Waals surface area contributed by atoms with E-state index in [1.807, 2.05) is 24.3 Å². The van der Waals surface area contributed by atoms with Gasteiger partial charge >= 0.3 is 12.1 Å². The lowest BCUT2D eigenvalue weighted by atomic mass is 9.86. The molecule has 168 valence electrons. The molecule has 0 saturated heterocycles. The molecule has 32 heavy (non-hydrogen) atoms. The molecule has 2 aliphatic rings. The van der Waals surface area contributed by atoms with Crippen LogP contribution in [0.5, 0.6) is 0 Å². The van der Waals surface area contributed by atoms with E-state index < -0.39 is 17.5 Å². The van der Waals surface area contributed by atoms with Crippen LogP contribution in [0.4, 0.5) is 4.79 Å². The van der Waals surface area contributed by atoms with Gasteiger partial charge in [-0.2, -0.15) is 0 Å².